The Balaban J connectivity index is 1.90. The van der Waals surface area contributed by atoms with E-state index in [1.165, 1.54) is 33.7 Å². The van der Waals surface area contributed by atoms with E-state index in [1.54, 1.807) is 56.3 Å². The number of aromatic hydroxyl groups is 1. The van der Waals surface area contributed by atoms with Crippen LogP contribution in [0.1, 0.15) is 57.1 Å². The van der Waals surface area contributed by atoms with E-state index in [1.807, 2.05) is 0 Å². The molecule has 20 N–H and O–H groups in total. The van der Waals surface area contributed by atoms with Crippen LogP contribution in [0.15, 0.2) is 54.6 Å². The van der Waals surface area contributed by atoms with Crippen LogP contribution in [0.4, 0.5) is 0 Å². The summed E-state index contributed by atoms with van der Waals surface area (Å²) in [5, 5.41) is 47.9. The van der Waals surface area contributed by atoms with Gasteiger partial charge in [0, 0.05) is 36.6 Å². The first-order valence-electron chi connectivity index (χ1n) is 22.0. The van der Waals surface area contributed by atoms with Crippen molar-refractivity contribution in [1.29, 1.82) is 10.8 Å². The van der Waals surface area contributed by atoms with Crippen LogP contribution in [0, 0.1) is 10.8 Å². The molecule has 1 saturated heterocycles. The Morgan fingerprint density at radius 1 is 0.797 bits per heavy atom. The topological polar surface area (TPSA) is 417 Å². The molecular weight excluding hydrogens is 935 g/mol. The molecule has 1 aliphatic rings. The van der Waals surface area contributed by atoms with Crippen LogP contribution in [-0.4, -0.2) is 137 Å². The van der Waals surface area contributed by atoms with Gasteiger partial charge in [-0.2, -0.15) is 0 Å². The Bertz CT molecular complexity index is 2120. The van der Waals surface area contributed by atoms with Crippen molar-refractivity contribution < 1.29 is 43.5 Å². The van der Waals surface area contributed by atoms with Gasteiger partial charge in [-0.1, -0.05) is 64.1 Å². The van der Waals surface area contributed by atoms with E-state index >= 15 is 0 Å². The minimum absolute atomic E-state index is 0.0138. The standard InChI is InChI=1S/C43H65N15O9S2/c1-43(2)23-53-33(60)20-31(57-36(63)27(44)18-25-12-14-26(59)15-13-25)37(64)52-21-34(61)54-30(19-24-8-4-3-5-9-24)39(66)58-32(22-68-69-43)40(67)56-29(11-7-17-51-42(48)49)38(65)55-28(35(45)62)10-6-16-50-41(46)47/h3-5,8-9,12-15,27-32,59H,6-7,10-11,16-23,44H2,1-2H3,(H2,45,62)(H,52,64)(H,53,60)(H,54,61)(H,55,65)(H,56,67)(H,57,63)(H,58,66)(H4,46,47,50)(H4,48,49,51)/t27-,28-,29-,30-,31+,32-/m0/s1. The fourth-order valence-corrected chi connectivity index (χ4v) is 9.17. The molecule has 0 radical (unpaired) electrons. The number of phenols is 1. The Morgan fingerprint density at radius 3 is 2.03 bits per heavy atom. The first-order valence-corrected chi connectivity index (χ1v) is 24.3. The Morgan fingerprint density at radius 2 is 1.42 bits per heavy atom. The number of hydrogen-bond donors (Lipinski definition) is 16. The molecule has 2 aromatic rings. The third-order valence-corrected chi connectivity index (χ3v) is 13.5. The van der Waals surface area contributed by atoms with Gasteiger partial charge < -0.3 is 75.9 Å². The third kappa shape index (κ3) is 21.8. The summed E-state index contributed by atoms with van der Waals surface area (Å²) < 4.78 is -0.732. The molecule has 1 fully saturated rings. The van der Waals surface area contributed by atoms with Gasteiger partial charge in [0.05, 0.1) is 19.0 Å². The van der Waals surface area contributed by atoms with Crippen LogP contribution in [0.2, 0.25) is 0 Å². The maximum absolute atomic E-state index is 14.3. The maximum Gasteiger partial charge on any atom is 0.244 e. The summed E-state index contributed by atoms with van der Waals surface area (Å²) in [6.07, 6.45) is 0.0221. The second-order valence-corrected chi connectivity index (χ2v) is 19.8. The zero-order chi connectivity index (χ0) is 51.1. The number of hydrogen-bond acceptors (Lipinski definition) is 14. The van der Waals surface area contributed by atoms with E-state index in [0.717, 1.165) is 0 Å². The molecule has 8 amide bonds. The van der Waals surface area contributed by atoms with Crippen LogP contribution in [0.5, 0.6) is 5.75 Å². The molecule has 2 aromatic carbocycles. The molecule has 0 saturated carbocycles. The van der Waals surface area contributed by atoms with Gasteiger partial charge in [-0.25, -0.2) is 0 Å². The summed E-state index contributed by atoms with van der Waals surface area (Å²) in [5.41, 5.74) is 23.8. The average Bonchev–Trinajstić information content (AvgIpc) is 3.29. The van der Waals surface area contributed by atoms with Gasteiger partial charge in [0.2, 0.25) is 47.3 Å². The van der Waals surface area contributed by atoms with E-state index in [0.29, 0.717) is 17.5 Å². The van der Waals surface area contributed by atoms with Gasteiger partial charge in [0.1, 0.15) is 36.0 Å². The molecule has 69 heavy (non-hydrogen) atoms. The molecule has 6 atom stereocenters. The molecule has 24 nitrogen and oxygen atoms in total. The lowest BCUT2D eigenvalue weighted by atomic mass is 10.0. The molecule has 0 unspecified atom stereocenters. The molecule has 0 aromatic heterocycles. The van der Waals surface area contributed by atoms with Crippen LogP contribution in [-0.2, 0) is 51.2 Å². The van der Waals surface area contributed by atoms with Gasteiger partial charge in [0.15, 0.2) is 11.9 Å². The normalized spacial score (nSPS) is 19.4. The SMILES string of the molecule is CC1(C)CNC(=O)C[C@@H](NC(=O)[C@@H](N)Cc2ccc(O)cc2)C(=O)NCC(=O)N[C@@H](Cc2ccccc2)C(=O)N[C@H](C(=O)N[C@@H](CCCNC(=N)N)C(=O)N[C@@H](CCCNC(=N)N)C(N)=O)CSS1. The predicted octanol–water partition coefficient (Wildman–Crippen LogP) is -3.26. The van der Waals surface area contributed by atoms with Crippen LogP contribution in [0.25, 0.3) is 0 Å². The second kappa shape index (κ2) is 28.5. The number of nitrogens with one attached hydrogen (secondary N) is 11. The van der Waals surface area contributed by atoms with Crippen molar-refractivity contribution >= 4 is 80.8 Å². The van der Waals surface area contributed by atoms with Crippen molar-refractivity contribution in [1.82, 2.24) is 47.9 Å². The number of amides is 8. The molecule has 1 aliphatic heterocycles. The number of benzene rings is 2. The molecular formula is C43H65N15O9S2. The first kappa shape index (κ1) is 56.5. The Labute approximate surface area is 407 Å². The molecule has 1 heterocycles. The number of carbonyl (C=O) groups is 8. The number of carbonyl (C=O) groups excluding carboxylic acids is 8. The van der Waals surface area contributed by atoms with Crippen molar-refractivity contribution in [2.75, 3.05) is 31.9 Å². The number of rotatable bonds is 19. The Kier molecular flexibility index (Phi) is 23.4. The Hall–Kier alpha value is -6.80. The summed E-state index contributed by atoms with van der Waals surface area (Å²) in [6.45, 7) is 3.32. The summed E-state index contributed by atoms with van der Waals surface area (Å²) >= 11 is 0. The average molecular weight is 1000 g/mol. The van der Waals surface area contributed by atoms with Gasteiger partial charge >= 0.3 is 0 Å². The zero-order valence-electron chi connectivity index (χ0n) is 38.5. The minimum atomic E-state index is -1.46. The molecule has 0 aliphatic carbocycles. The largest absolute Gasteiger partial charge is 0.508 e. The number of guanidine groups is 2. The van der Waals surface area contributed by atoms with E-state index in [9.17, 15) is 43.5 Å². The van der Waals surface area contributed by atoms with Crippen molar-refractivity contribution in [2.45, 2.75) is 99.8 Å². The molecule has 26 heteroatoms. The lowest BCUT2D eigenvalue weighted by molar-refractivity contribution is -0.134. The fraction of sp³-hybridized carbons (Fsp3) is 0.488. The summed E-state index contributed by atoms with van der Waals surface area (Å²) in [5.74, 6) is -6.96. The van der Waals surface area contributed by atoms with Crippen LogP contribution in [0.3, 0.4) is 0 Å². The zero-order valence-corrected chi connectivity index (χ0v) is 40.1. The number of phenolic OH excluding ortho intramolecular Hbond substituents is 1. The second-order valence-electron chi connectivity index (χ2n) is 16.7. The highest BCUT2D eigenvalue weighted by Gasteiger charge is 2.33. The highest BCUT2D eigenvalue weighted by Crippen LogP contribution is 2.35. The van der Waals surface area contributed by atoms with Gasteiger partial charge in [0.25, 0.3) is 0 Å². The van der Waals surface area contributed by atoms with Crippen molar-refractivity contribution in [3.63, 3.8) is 0 Å². The van der Waals surface area contributed by atoms with Crippen LogP contribution < -0.4 is 70.8 Å². The third-order valence-electron chi connectivity index (χ3n) is 10.2. The van der Waals surface area contributed by atoms with E-state index in [4.69, 9.17) is 33.8 Å². The number of primary amides is 1. The predicted molar refractivity (Wildman–Crippen MR) is 262 cm³/mol. The lowest BCUT2D eigenvalue weighted by Crippen LogP contribution is -2.59. The smallest absolute Gasteiger partial charge is 0.244 e. The number of nitrogens with two attached hydrogens (primary N) is 4. The summed E-state index contributed by atoms with van der Waals surface area (Å²) in [6, 6.07) is 6.97. The van der Waals surface area contributed by atoms with Gasteiger partial charge in [-0.3, -0.25) is 49.2 Å². The molecule has 0 bridgehead atoms. The minimum Gasteiger partial charge on any atom is -0.508 e. The van der Waals surface area contributed by atoms with Crippen LogP contribution >= 0.6 is 21.6 Å². The summed E-state index contributed by atoms with van der Waals surface area (Å²) in [7, 11) is 2.42. The van der Waals surface area contributed by atoms with E-state index in [-0.39, 0.29) is 75.2 Å². The van der Waals surface area contributed by atoms with Crippen molar-refractivity contribution in [2.24, 2.45) is 22.9 Å². The maximum atomic E-state index is 14.3. The van der Waals surface area contributed by atoms with Gasteiger partial charge in [-0.05, 0) is 69.2 Å². The monoisotopic (exact) mass is 999 g/mol. The lowest BCUT2D eigenvalue weighted by Gasteiger charge is -2.28. The quantitative estimate of drug-likeness (QED) is 0.0284. The van der Waals surface area contributed by atoms with E-state index < -0.39 is 101 Å². The first-order chi connectivity index (χ1) is 32.6. The highest BCUT2D eigenvalue weighted by atomic mass is 33.1. The molecule has 3 rings (SSSR count). The fourth-order valence-electron chi connectivity index (χ4n) is 6.53. The highest BCUT2D eigenvalue weighted by molar-refractivity contribution is 8.77. The van der Waals surface area contributed by atoms with E-state index in [2.05, 4.69) is 47.9 Å². The molecule has 378 valence electrons. The van der Waals surface area contributed by atoms with Gasteiger partial charge in [-0.15, -0.1) is 0 Å². The van der Waals surface area contributed by atoms with Crippen molar-refractivity contribution in [3.05, 3.63) is 65.7 Å². The van der Waals surface area contributed by atoms with Crippen molar-refractivity contribution in [3.8, 4) is 5.75 Å². The molecule has 0 spiro atoms. The summed E-state index contributed by atoms with van der Waals surface area (Å²) in [4.78, 5) is 108.